The van der Waals surface area contributed by atoms with E-state index in [-0.39, 0.29) is 11.0 Å². The fourth-order valence-corrected chi connectivity index (χ4v) is 4.16. The highest BCUT2D eigenvalue weighted by atomic mass is 32.2. The van der Waals surface area contributed by atoms with Crippen molar-refractivity contribution in [1.82, 2.24) is 0 Å². The highest BCUT2D eigenvalue weighted by molar-refractivity contribution is 8.13. The van der Waals surface area contributed by atoms with E-state index in [9.17, 15) is 9.59 Å². The minimum absolute atomic E-state index is 0.148. The van der Waals surface area contributed by atoms with Gasteiger partial charge in [-0.05, 0) is 42.0 Å². The van der Waals surface area contributed by atoms with Crippen molar-refractivity contribution in [2.24, 2.45) is 0 Å². The smallest absolute Gasteiger partial charge is 0.337 e. The van der Waals surface area contributed by atoms with Crippen LogP contribution in [0.1, 0.15) is 26.3 Å². The Balaban J connectivity index is 1.94. The van der Waals surface area contributed by atoms with Crippen LogP contribution < -0.4 is 10.6 Å². The molecule has 34 heavy (non-hydrogen) atoms. The summed E-state index contributed by atoms with van der Waals surface area (Å²) in [5.41, 5.74) is 9.20. The molecule has 3 N–H and O–H groups in total. The molecular weight excluding hydrogens is 446 g/mol. The number of thioether (sulfide) groups is 1. The molecule has 0 radical (unpaired) electrons. The second-order valence-electron chi connectivity index (χ2n) is 7.52. The van der Waals surface area contributed by atoms with Crippen LogP contribution in [0.25, 0.3) is 10.8 Å². The van der Waals surface area contributed by atoms with E-state index in [0.29, 0.717) is 33.8 Å². The van der Waals surface area contributed by atoms with Crippen molar-refractivity contribution in [2.45, 2.75) is 0 Å². The van der Waals surface area contributed by atoms with Crippen LogP contribution in [0.5, 0.6) is 0 Å². The van der Waals surface area contributed by atoms with Crippen molar-refractivity contribution in [2.75, 3.05) is 24.0 Å². The summed E-state index contributed by atoms with van der Waals surface area (Å²) in [4.78, 5) is 27.2. The number of nitrogens with zero attached hydrogens (tertiary/aromatic N) is 1. The van der Waals surface area contributed by atoms with Crippen LogP contribution in [0.2, 0.25) is 0 Å². The van der Waals surface area contributed by atoms with Gasteiger partial charge in [-0.2, -0.15) is 0 Å². The average molecular weight is 470 g/mol. The van der Waals surface area contributed by atoms with Crippen molar-refractivity contribution in [3.63, 3.8) is 0 Å². The van der Waals surface area contributed by atoms with Crippen LogP contribution >= 0.6 is 11.8 Å². The van der Waals surface area contributed by atoms with E-state index in [1.54, 1.807) is 53.6 Å². The van der Waals surface area contributed by atoms with E-state index < -0.39 is 5.97 Å². The maximum atomic E-state index is 13.1. The molecule has 7 heteroatoms. The van der Waals surface area contributed by atoms with Gasteiger partial charge in [0.05, 0.1) is 29.7 Å². The lowest BCUT2D eigenvalue weighted by atomic mass is 10.0. The van der Waals surface area contributed by atoms with Gasteiger partial charge < -0.3 is 10.5 Å². The number of anilines is 3. The van der Waals surface area contributed by atoms with Crippen molar-refractivity contribution in [1.29, 1.82) is 5.41 Å². The third-order valence-electron chi connectivity index (χ3n) is 5.47. The molecule has 0 aromatic heterocycles. The van der Waals surface area contributed by atoms with Gasteiger partial charge in [0, 0.05) is 16.5 Å². The first-order chi connectivity index (χ1) is 16.4. The minimum Gasteiger partial charge on any atom is -0.465 e. The summed E-state index contributed by atoms with van der Waals surface area (Å²) in [5, 5.41) is 10.6. The lowest BCUT2D eigenvalue weighted by molar-refractivity contribution is 0.0601. The van der Waals surface area contributed by atoms with Crippen LogP contribution in [-0.2, 0) is 4.74 Å². The molecule has 170 valence electrons. The molecule has 0 bridgehead atoms. The lowest BCUT2D eigenvalue weighted by Gasteiger charge is -2.28. The molecule has 0 fully saturated rings. The van der Waals surface area contributed by atoms with E-state index in [0.717, 1.165) is 10.8 Å². The number of benzene rings is 4. The minimum atomic E-state index is -0.483. The van der Waals surface area contributed by atoms with E-state index in [4.69, 9.17) is 15.9 Å². The highest BCUT2D eigenvalue weighted by Gasteiger charge is 2.23. The summed E-state index contributed by atoms with van der Waals surface area (Å²) < 4.78 is 4.95. The molecule has 4 rings (SSSR count). The van der Waals surface area contributed by atoms with Gasteiger partial charge in [0.2, 0.25) is 0 Å². The first kappa shape index (κ1) is 23.1. The number of esters is 1. The van der Waals surface area contributed by atoms with Gasteiger partial charge in [-0.3, -0.25) is 15.1 Å². The summed E-state index contributed by atoms with van der Waals surface area (Å²) in [5.74, 6) is -0.630. The number of rotatable bonds is 5. The highest BCUT2D eigenvalue weighted by Crippen LogP contribution is 2.38. The molecule has 0 saturated carbocycles. The average Bonchev–Trinajstić information content (AvgIpc) is 2.89. The van der Waals surface area contributed by atoms with Gasteiger partial charge in [0.1, 0.15) is 0 Å². The topological polar surface area (TPSA) is 96.5 Å². The van der Waals surface area contributed by atoms with Crippen molar-refractivity contribution in [3.8, 4) is 0 Å². The van der Waals surface area contributed by atoms with Gasteiger partial charge in [-0.15, -0.1) is 0 Å². The van der Waals surface area contributed by atoms with Crippen LogP contribution in [-0.4, -0.2) is 30.3 Å². The van der Waals surface area contributed by atoms with Crippen LogP contribution in [0.4, 0.5) is 17.1 Å². The summed E-state index contributed by atoms with van der Waals surface area (Å²) in [6.07, 6.45) is 1.79. The Kier molecular flexibility index (Phi) is 6.65. The zero-order valence-corrected chi connectivity index (χ0v) is 19.6. The number of nitrogens with one attached hydrogen (secondary N) is 1. The molecule has 0 spiro atoms. The zero-order chi connectivity index (χ0) is 24.2. The number of nitrogen functional groups attached to an aromatic ring is 1. The number of hydrogen-bond donors (Lipinski definition) is 2. The lowest BCUT2D eigenvalue weighted by Crippen LogP contribution is -2.24. The second-order valence-corrected chi connectivity index (χ2v) is 8.32. The maximum Gasteiger partial charge on any atom is 0.337 e. The third kappa shape index (κ3) is 4.38. The fourth-order valence-electron chi connectivity index (χ4n) is 3.79. The van der Waals surface area contributed by atoms with Gasteiger partial charge in [-0.1, -0.05) is 66.4 Å². The molecule has 0 saturated heterocycles. The Hall–Kier alpha value is -4.10. The number of carbonyl (C=O) groups excluding carboxylic acids is 2. The standard InChI is InChI=1S/C27H23N3O3S/c1-33-26(32)20-14-18-10-6-7-11-21(18)23(16-20)30(27(29)34-2)24-15-19(12-13-22(24)28)25(31)17-8-4-3-5-9-17/h3-16,29H,28H2,1-2H3. The van der Waals surface area contributed by atoms with E-state index >= 15 is 0 Å². The molecule has 6 nitrogen and oxygen atoms in total. The van der Waals surface area contributed by atoms with Crippen molar-refractivity contribution >= 4 is 56.5 Å². The molecule has 0 unspecified atom stereocenters. The SMILES string of the molecule is COC(=O)c1cc(N(C(=N)SC)c2cc(C(=O)c3ccccc3)ccc2N)c2ccccc2c1. The Morgan fingerprint density at radius 3 is 2.24 bits per heavy atom. The Labute approximate surface area is 201 Å². The van der Waals surface area contributed by atoms with Gasteiger partial charge in [0.25, 0.3) is 0 Å². The van der Waals surface area contributed by atoms with Crippen LogP contribution in [0, 0.1) is 5.41 Å². The molecule has 0 aliphatic carbocycles. The van der Waals surface area contributed by atoms with Crippen molar-refractivity contribution < 1.29 is 14.3 Å². The summed E-state index contributed by atoms with van der Waals surface area (Å²) in [6, 6.07) is 25.0. The molecular formula is C27H23N3O3S. The zero-order valence-electron chi connectivity index (χ0n) is 18.7. The number of hydrogen-bond acceptors (Lipinski definition) is 6. The quantitative estimate of drug-likeness (QED) is 0.125. The van der Waals surface area contributed by atoms with Gasteiger partial charge in [0.15, 0.2) is 11.0 Å². The maximum absolute atomic E-state index is 13.1. The first-order valence-electron chi connectivity index (χ1n) is 10.5. The molecule has 0 heterocycles. The summed E-state index contributed by atoms with van der Waals surface area (Å²) >= 11 is 1.22. The van der Waals surface area contributed by atoms with Crippen molar-refractivity contribution in [3.05, 3.63) is 102 Å². The van der Waals surface area contributed by atoms with Crippen LogP contribution in [0.15, 0.2) is 84.9 Å². The van der Waals surface area contributed by atoms with E-state index in [1.165, 1.54) is 18.9 Å². The third-order valence-corrected chi connectivity index (χ3v) is 6.04. The number of methoxy groups -OCH3 is 1. The number of amidine groups is 1. The second kappa shape index (κ2) is 9.80. The number of ketones is 1. The normalized spacial score (nSPS) is 10.6. The molecule has 0 amide bonds. The van der Waals surface area contributed by atoms with E-state index in [2.05, 4.69) is 0 Å². The summed E-state index contributed by atoms with van der Waals surface area (Å²) in [6.45, 7) is 0. The molecule has 4 aromatic rings. The van der Waals surface area contributed by atoms with E-state index in [1.807, 2.05) is 42.5 Å². The first-order valence-corrected chi connectivity index (χ1v) is 11.7. The number of fused-ring (bicyclic) bond motifs is 1. The predicted octanol–water partition coefficient (Wildman–Crippen LogP) is 5.88. The predicted molar refractivity (Wildman–Crippen MR) is 139 cm³/mol. The van der Waals surface area contributed by atoms with Gasteiger partial charge in [-0.25, -0.2) is 4.79 Å². The number of carbonyl (C=O) groups is 2. The number of ether oxygens (including phenoxy) is 1. The Morgan fingerprint density at radius 2 is 1.53 bits per heavy atom. The van der Waals surface area contributed by atoms with Gasteiger partial charge >= 0.3 is 5.97 Å². The summed E-state index contributed by atoms with van der Waals surface area (Å²) in [7, 11) is 1.33. The largest absolute Gasteiger partial charge is 0.465 e. The Morgan fingerprint density at radius 1 is 0.853 bits per heavy atom. The monoisotopic (exact) mass is 469 g/mol. The molecule has 0 atom stereocenters. The Bertz CT molecular complexity index is 1400. The molecule has 0 aliphatic heterocycles. The molecule has 0 aliphatic rings. The van der Waals surface area contributed by atoms with Crippen LogP contribution in [0.3, 0.4) is 0 Å². The molecule has 4 aromatic carbocycles. The number of nitrogens with two attached hydrogens (primary N) is 1. The fraction of sp³-hybridized carbons (Fsp3) is 0.0741.